The first kappa shape index (κ1) is 23.4. The van der Waals surface area contributed by atoms with E-state index in [9.17, 15) is 9.18 Å². The maximum Gasteiger partial charge on any atom is 0.319 e. The lowest BCUT2D eigenvalue weighted by Gasteiger charge is -2.18. The lowest BCUT2D eigenvalue weighted by molar-refractivity contribution is 0.250. The Morgan fingerprint density at radius 3 is 2.53 bits per heavy atom. The summed E-state index contributed by atoms with van der Waals surface area (Å²) in [7, 11) is 1.82. The smallest absolute Gasteiger partial charge is 0.319 e. The topological polar surface area (TPSA) is 78.9 Å². The molecule has 3 rings (SSSR count). The molecule has 32 heavy (non-hydrogen) atoms. The van der Waals surface area contributed by atoms with Gasteiger partial charge in [0.25, 0.3) is 0 Å². The summed E-state index contributed by atoms with van der Waals surface area (Å²) in [5, 5.41) is 9.39. The molecule has 6 nitrogen and oxygen atoms in total. The predicted octanol–water partition coefficient (Wildman–Crippen LogP) is 5.91. The van der Waals surface area contributed by atoms with Crippen LogP contribution in [0, 0.1) is 18.2 Å². The second-order valence-electron chi connectivity index (χ2n) is 9.19. The number of aromatic nitrogens is 2. The van der Waals surface area contributed by atoms with Crippen molar-refractivity contribution in [1.82, 2.24) is 15.3 Å². The number of hydrogen-bond donors (Lipinski definition) is 3. The minimum Gasteiger partial charge on any atom is -0.373 e. The fourth-order valence-corrected chi connectivity index (χ4v) is 3.52. The van der Waals surface area contributed by atoms with Crippen molar-refractivity contribution in [2.45, 2.75) is 47.5 Å². The van der Waals surface area contributed by atoms with Crippen LogP contribution in [-0.4, -0.2) is 29.6 Å². The molecule has 0 saturated carbocycles. The molecule has 0 atom stereocenters. The Bertz CT molecular complexity index is 1140. The zero-order valence-corrected chi connectivity index (χ0v) is 19.7. The van der Waals surface area contributed by atoms with Gasteiger partial charge in [-0.2, -0.15) is 0 Å². The van der Waals surface area contributed by atoms with E-state index < -0.39 is 11.8 Å². The third-order valence-electron chi connectivity index (χ3n) is 5.38. The Morgan fingerprint density at radius 1 is 1.12 bits per heavy atom. The molecule has 0 aliphatic rings. The molecule has 0 unspecified atom stereocenters. The Kier molecular flexibility index (Phi) is 6.96. The minimum absolute atomic E-state index is 0.109. The summed E-state index contributed by atoms with van der Waals surface area (Å²) in [5.74, 6) is 0.283. The number of halogens is 1. The Balaban J connectivity index is 1.94. The highest BCUT2D eigenvalue weighted by Gasteiger charge is 2.16. The first-order chi connectivity index (χ1) is 15.1. The molecule has 2 amide bonds. The Labute approximate surface area is 189 Å². The van der Waals surface area contributed by atoms with Crippen LogP contribution in [0.5, 0.6) is 0 Å². The van der Waals surface area contributed by atoms with Gasteiger partial charge in [-0.05, 0) is 54.5 Å². The molecule has 7 heteroatoms. The van der Waals surface area contributed by atoms with E-state index in [1.165, 1.54) is 6.07 Å². The summed E-state index contributed by atoms with van der Waals surface area (Å²) in [4.78, 5) is 21.5. The van der Waals surface area contributed by atoms with Gasteiger partial charge in [0, 0.05) is 42.5 Å². The number of benzene rings is 1. The molecule has 3 aromatic rings. The molecule has 0 fully saturated rings. The van der Waals surface area contributed by atoms with Crippen molar-refractivity contribution in [1.29, 1.82) is 0 Å². The van der Waals surface area contributed by atoms with Gasteiger partial charge in [0.15, 0.2) is 0 Å². The maximum absolute atomic E-state index is 14.7. The van der Waals surface area contributed by atoms with Crippen molar-refractivity contribution in [3.05, 3.63) is 47.5 Å². The number of aryl methyl sites for hydroxylation is 2. The first-order valence-corrected chi connectivity index (χ1v) is 10.9. The van der Waals surface area contributed by atoms with E-state index in [2.05, 4.69) is 41.7 Å². The number of carbonyl (C=O) groups excluding carboxylic acids is 1. The monoisotopic (exact) mass is 437 g/mol. The summed E-state index contributed by atoms with van der Waals surface area (Å²) in [6.45, 7) is 10.7. The molecular formula is C25H32FN5O. The second-order valence-corrected chi connectivity index (χ2v) is 9.19. The molecule has 3 N–H and O–H groups in total. The van der Waals surface area contributed by atoms with Crippen LogP contribution in [0.15, 0.2) is 30.5 Å². The van der Waals surface area contributed by atoms with Crippen LogP contribution in [0.25, 0.3) is 22.0 Å². The molecule has 0 aliphatic heterocycles. The quantitative estimate of drug-likeness (QED) is 0.448. The van der Waals surface area contributed by atoms with Gasteiger partial charge in [0.05, 0.1) is 11.2 Å². The Morgan fingerprint density at radius 2 is 1.88 bits per heavy atom. The van der Waals surface area contributed by atoms with Gasteiger partial charge in [0.2, 0.25) is 0 Å². The van der Waals surface area contributed by atoms with Crippen LogP contribution < -0.4 is 16.0 Å². The van der Waals surface area contributed by atoms with Gasteiger partial charge in [-0.1, -0.05) is 27.7 Å². The normalized spacial score (nSPS) is 11.5. The molecule has 2 heterocycles. The van der Waals surface area contributed by atoms with Crippen molar-refractivity contribution >= 4 is 28.4 Å². The Hall–Kier alpha value is -3.22. The summed E-state index contributed by atoms with van der Waals surface area (Å²) in [6.07, 6.45) is 3.32. The van der Waals surface area contributed by atoms with Crippen molar-refractivity contribution in [3.63, 3.8) is 0 Å². The first-order valence-electron chi connectivity index (χ1n) is 10.9. The lowest BCUT2D eigenvalue weighted by atomic mass is 9.92. The lowest BCUT2D eigenvalue weighted by Crippen LogP contribution is -2.31. The van der Waals surface area contributed by atoms with E-state index in [1.54, 1.807) is 12.3 Å². The van der Waals surface area contributed by atoms with E-state index >= 15 is 0 Å². The molecule has 0 spiro atoms. The number of urea groups is 1. The largest absolute Gasteiger partial charge is 0.373 e. The maximum atomic E-state index is 14.7. The number of anilines is 2. The molecule has 0 saturated heterocycles. The van der Waals surface area contributed by atoms with E-state index in [0.717, 1.165) is 51.9 Å². The van der Waals surface area contributed by atoms with E-state index in [1.807, 2.05) is 33.0 Å². The van der Waals surface area contributed by atoms with Crippen molar-refractivity contribution < 1.29 is 9.18 Å². The zero-order chi connectivity index (χ0) is 23.5. The number of pyridine rings is 2. The number of nitrogens with one attached hydrogen (secondary N) is 3. The number of hydrogen-bond acceptors (Lipinski definition) is 4. The van der Waals surface area contributed by atoms with Gasteiger partial charge >= 0.3 is 6.03 Å². The number of rotatable bonds is 6. The number of nitrogens with zero attached hydrogens (tertiary/aromatic N) is 2. The highest BCUT2D eigenvalue weighted by Crippen LogP contribution is 2.33. The van der Waals surface area contributed by atoms with Crippen LogP contribution >= 0.6 is 0 Å². The van der Waals surface area contributed by atoms with Crippen LogP contribution in [-0.2, 0) is 6.42 Å². The summed E-state index contributed by atoms with van der Waals surface area (Å²) in [6, 6.07) is 6.66. The third kappa shape index (κ3) is 5.52. The van der Waals surface area contributed by atoms with Gasteiger partial charge in [0.1, 0.15) is 11.6 Å². The van der Waals surface area contributed by atoms with Crippen molar-refractivity contribution in [2.75, 3.05) is 24.2 Å². The van der Waals surface area contributed by atoms with Gasteiger partial charge in [-0.25, -0.2) is 14.2 Å². The van der Waals surface area contributed by atoms with E-state index in [-0.39, 0.29) is 11.1 Å². The minimum atomic E-state index is -0.468. The highest BCUT2D eigenvalue weighted by atomic mass is 19.1. The van der Waals surface area contributed by atoms with Crippen LogP contribution in [0.1, 0.15) is 45.4 Å². The number of fused-ring (bicyclic) bond motifs is 1. The van der Waals surface area contributed by atoms with Gasteiger partial charge in [-0.15, -0.1) is 0 Å². The van der Waals surface area contributed by atoms with Gasteiger partial charge < -0.3 is 16.0 Å². The third-order valence-corrected chi connectivity index (χ3v) is 5.38. The second kappa shape index (κ2) is 9.51. The van der Waals surface area contributed by atoms with E-state index in [0.29, 0.717) is 6.54 Å². The van der Waals surface area contributed by atoms with Crippen molar-refractivity contribution in [2.24, 2.45) is 5.41 Å². The van der Waals surface area contributed by atoms with Crippen LogP contribution in [0.3, 0.4) is 0 Å². The number of carbonyl (C=O) groups is 1. The molecule has 1 aromatic carbocycles. The average Bonchev–Trinajstić information content (AvgIpc) is 2.73. The highest BCUT2D eigenvalue weighted by molar-refractivity contribution is 5.92. The molecular weight excluding hydrogens is 405 g/mol. The molecule has 0 bridgehead atoms. The fraction of sp³-hybridized carbons (Fsp3) is 0.400. The summed E-state index contributed by atoms with van der Waals surface area (Å²) >= 11 is 0. The molecule has 2 aromatic heterocycles. The molecule has 0 radical (unpaired) electrons. The molecule has 170 valence electrons. The van der Waals surface area contributed by atoms with Crippen LogP contribution in [0.4, 0.5) is 20.7 Å². The summed E-state index contributed by atoms with van der Waals surface area (Å²) in [5.41, 5.74) is 4.52. The van der Waals surface area contributed by atoms with Crippen molar-refractivity contribution in [3.8, 4) is 11.1 Å². The van der Waals surface area contributed by atoms with Gasteiger partial charge in [-0.3, -0.25) is 4.98 Å². The summed E-state index contributed by atoms with van der Waals surface area (Å²) < 4.78 is 14.7. The van der Waals surface area contributed by atoms with Crippen LogP contribution in [0.2, 0.25) is 0 Å². The van der Waals surface area contributed by atoms with E-state index in [4.69, 9.17) is 4.98 Å². The SMILES string of the molecule is CCc1nc2cc(NC)ncc2cc1-c1cc(NC(=O)NCCC(C)(C)C)c(F)cc1C. The average molecular weight is 438 g/mol. The predicted molar refractivity (Wildman–Crippen MR) is 130 cm³/mol. The zero-order valence-electron chi connectivity index (χ0n) is 19.7. The molecule has 0 aliphatic carbocycles. The standard InChI is InChI=1S/C25H32FN5O/c1-7-20-18(11-16-14-29-23(27-6)13-21(16)30-20)17-12-22(19(26)10-15(17)2)31-24(32)28-9-8-25(3,4)5/h10-14H,7-9H2,1-6H3,(H,27,29)(H2,28,31,32). The number of amides is 2. The fourth-order valence-electron chi connectivity index (χ4n) is 3.52.